The van der Waals surface area contributed by atoms with Crippen molar-refractivity contribution in [1.29, 1.82) is 0 Å². The number of rotatable bonds is 1. The molecule has 4 nitrogen and oxygen atoms in total. The number of fused-ring (bicyclic) bond motifs is 1. The molecule has 0 aromatic carbocycles. The summed E-state index contributed by atoms with van der Waals surface area (Å²) >= 11 is 0. The molecular weight excluding hydrogens is 212 g/mol. The van der Waals surface area contributed by atoms with E-state index in [1.165, 1.54) is 5.56 Å². The molecule has 0 unspecified atom stereocenters. The van der Waals surface area contributed by atoms with Crippen LogP contribution in [0.2, 0.25) is 0 Å². The average Bonchev–Trinajstić information content (AvgIpc) is 2.39. The molecule has 86 valence electrons. The van der Waals surface area contributed by atoms with Crippen molar-refractivity contribution < 1.29 is 0 Å². The number of hydrogen-bond donors (Lipinski definition) is 1. The number of aryl methyl sites for hydroxylation is 1. The molecule has 0 radical (unpaired) electrons. The first kappa shape index (κ1) is 10.4. The number of aromatic nitrogens is 3. The van der Waals surface area contributed by atoms with Gasteiger partial charge in [0, 0.05) is 37.5 Å². The Balaban J connectivity index is 2.07. The summed E-state index contributed by atoms with van der Waals surface area (Å²) in [5, 5.41) is 3.32. The fourth-order valence-corrected chi connectivity index (χ4v) is 2.07. The van der Waals surface area contributed by atoms with Gasteiger partial charge in [-0.15, -0.1) is 0 Å². The largest absolute Gasteiger partial charge is 0.312 e. The highest BCUT2D eigenvalue weighted by Crippen LogP contribution is 2.18. The van der Waals surface area contributed by atoms with E-state index < -0.39 is 0 Å². The van der Waals surface area contributed by atoms with Gasteiger partial charge >= 0.3 is 0 Å². The van der Waals surface area contributed by atoms with Gasteiger partial charge in [-0.05, 0) is 18.6 Å². The first-order valence-electron chi connectivity index (χ1n) is 5.82. The average molecular weight is 226 g/mol. The smallest absolute Gasteiger partial charge is 0.178 e. The second-order valence-electron chi connectivity index (χ2n) is 4.26. The normalized spacial score (nSPS) is 14.4. The predicted octanol–water partition coefficient (Wildman–Crippen LogP) is 1.49. The lowest BCUT2D eigenvalue weighted by Crippen LogP contribution is -2.25. The summed E-state index contributed by atoms with van der Waals surface area (Å²) in [4.78, 5) is 13.4. The Kier molecular flexibility index (Phi) is 2.57. The van der Waals surface area contributed by atoms with Gasteiger partial charge in [0.15, 0.2) is 5.82 Å². The molecule has 2 aromatic heterocycles. The van der Waals surface area contributed by atoms with Gasteiger partial charge < -0.3 is 5.32 Å². The van der Waals surface area contributed by atoms with Gasteiger partial charge in [0.05, 0.1) is 5.69 Å². The summed E-state index contributed by atoms with van der Waals surface area (Å²) in [6, 6.07) is 3.97. The maximum absolute atomic E-state index is 4.63. The van der Waals surface area contributed by atoms with Crippen LogP contribution >= 0.6 is 0 Å². The van der Waals surface area contributed by atoms with Crippen LogP contribution in [0.5, 0.6) is 0 Å². The molecule has 4 heteroatoms. The maximum Gasteiger partial charge on any atom is 0.178 e. The summed E-state index contributed by atoms with van der Waals surface area (Å²) in [5.41, 5.74) is 4.35. The molecule has 0 saturated carbocycles. The standard InChI is InChI=1S/C13H14N4/c1-9-3-2-5-15-12(9)13-16-8-10-7-14-6-4-11(10)17-13/h2-3,5,8,14H,4,6-7H2,1H3. The number of pyridine rings is 1. The van der Waals surface area contributed by atoms with E-state index in [2.05, 4.69) is 20.3 Å². The Morgan fingerprint density at radius 3 is 3.12 bits per heavy atom. The molecule has 0 fully saturated rings. The van der Waals surface area contributed by atoms with E-state index in [0.29, 0.717) is 0 Å². The van der Waals surface area contributed by atoms with Gasteiger partial charge in [0.2, 0.25) is 0 Å². The second-order valence-corrected chi connectivity index (χ2v) is 4.26. The zero-order chi connectivity index (χ0) is 11.7. The Bertz CT molecular complexity index is 551. The zero-order valence-electron chi connectivity index (χ0n) is 9.77. The first-order valence-corrected chi connectivity index (χ1v) is 5.82. The van der Waals surface area contributed by atoms with Crippen molar-refractivity contribution in [3.8, 4) is 11.5 Å². The fourth-order valence-electron chi connectivity index (χ4n) is 2.07. The Labute approximate surface area is 100 Å². The predicted molar refractivity (Wildman–Crippen MR) is 65.4 cm³/mol. The van der Waals surface area contributed by atoms with Crippen LogP contribution in [0.3, 0.4) is 0 Å². The summed E-state index contributed by atoms with van der Waals surface area (Å²) in [7, 11) is 0. The van der Waals surface area contributed by atoms with Gasteiger partial charge in [-0.1, -0.05) is 6.07 Å². The molecule has 0 bridgehead atoms. The van der Waals surface area contributed by atoms with Crippen molar-refractivity contribution in [2.75, 3.05) is 6.54 Å². The van der Waals surface area contributed by atoms with Crippen LogP contribution in [-0.2, 0) is 13.0 Å². The van der Waals surface area contributed by atoms with Gasteiger partial charge in [-0.2, -0.15) is 0 Å². The van der Waals surface area contributed by atoms with E-state index in [1.54, 1.807) is 6.20 Å². The molecule has 1 aliphatic heterocycles. The molecule has 17 heavy (non-hydrogen) atoms. The maximum atomic E-state index is 4.63. The highest BCUT2D eigenvalue weighted by atomic mass is 15.0. The molecule has 0 spiro atoms. The van der Waals surface area contributed by atoms with E-state index in [9.17, 15) is 0 Å². The number of nitrogens with zero attached hydrogens (tertiary/aromatic N) is 3. The number of nitrogens with one attached hydrogen (secondary N) is 1. The Morgan fingerprint density at radius 2 is 2.24 bits per heavy atom. The first-order chi connectivity index (χ1) is 8.34. The van der Waals surface area contributed by atoms with Crippen LogP contribution in [0.4, 0.5) is 0 Å². The molecule has 1 N–H and O–H groups in total. The molecule has 0 atom stereocenters. The molecule has 1 aliphatic rings. The van der Waals surface area contributed by atoms with E-state index in [1.807, 2.05) is 25.3 Å². The van der Waals surface area contributed by atoms with Crippen LogP contribution in [0.25, 0.3) is 11.5 Å². The molecule has 3 heterocycles. The molecule has 3 rings (SSSR count). The van der Waals surface area contributed by atoms with E-state index in [-0.39, 0.29) is 0 Å². The third kappa shape index (κ3) is 1.91. The monoisotopic (exact) mass is 226 g/mol. The summed E-state index contributed by atoms with van der Waals surface area (Å²) < 4.78 is 0. The van der Waals surface area contributed by atoms with E-state index in [4.69, 9.17) is 0 Å². The van der Waals surface area contributed by atoms with Gasteiger partial charge in [-0.3, -0.25) is 4.98 Å². The van der Waals surface area contributed by atoms with Crippen molar-refractivity contribution in [1.82, 2.24) is 20.3 Å². The third-order valence-corrected chi connectivity index (χ3v) is 3.03. The highest BCUT2D eigenvalue weighted by molar-refractivity contribution is 5.54. The lowest BCUT2D eigenvalue weighted by Gasteiger charge is -2.16. The molecule has 0 saturated heterocycles. The van der Waals surface area contributed by atoms with Crippen LogP contribution in [-0.4, -0.2) is 21.5 Å². The quantitative estimate of drug-likeness (QED) is 0.800. The van der Waals surface area contributed by atoms with Crippen molar-refractivity contribution in [3.05, 3.63) is 41.3 Å². The summed E-state index contributed by atoms with van der Waals surface area (Å²) in [6.07, 6.45) is 4.67. The minimum absolute atomic E-state index is 0.740. The minimum atomic E-state index is 0.740. The highest BCUT2D eigenvalue weighted by Gasteiger charge is 2.13. The van der Waals surface area contributed by atoms with Crippen LogP contribution in [0.1, 0.15) is 16.8 Å². The minimum Gasteiger partial charge on any atom is -0.312 e. The van der Waals surface area contributed by atoms with Gasteiger partial charge in [0.25, 0.3) is 0 Å². The summed E-state index contributed by atoms with van der Waals surface area (Å²) in [5.74, 6) is 0.740. The van der Waals surface area contributed by atoms with Gasteiger partial charge in [0.1, 0.15) is 5.69 Å². The Hall–Kier alpha value is -1.81. The fraction of sp³-hybridized carbons (Fsp3) is 0.308. The molecule has 0 aliphatic carbocycles. The SMILES string of the molecule is Cc1cccnc1-c1ncc2c(n1)CCNC2. The zero-order valence-corrected chi connectivity index (χ0v) is 9.77. The van der Waals surface area contributed by atoms with Crippen LogP contribution in [0.15, 0.2) is 24.5 Å². The third-order valence-electron chi connectivity index (χ3n) is 3.03. The van der Waals surface area contributed by atoms with Crippen molar-refractivity contribution >= 4 is 0 Å². The second kappa shape index (κ2) is 4.22. The Morgan fingerprint density at radius 1 is 1.29 bits per heavy atom. The van der Waals surface area contributed by atoms with Crippen molar-refractivity contribution in [3.63, 3.8) is 0 Å². The summed E-state index contributed by atoms with van der Waals surface area (Å²) in [6.45, 7) is 3.90. The van der Waals surface area contributed by atoms with Crippen molar-refractivity contribution in [2.45, 2.75) is 19.9 Å². The molecule has 0 amide bonds. The topological polar surface area (TPSA) is 50.7 Å². The lowest BCUT2D eigenvalue weighted by molar-refractivity contribution is 0.626. The van der Waals surface area contributed by atoms with E-state index in [0.717, 1.165) is 42.3 Å². The molecular formula is C13H14N4. The number of hydrogen-bond acceptors (Lipinski definition) is 4. The van der Waals surface area contributed by atoms with Gasteiger partial charge in [-0.25, -0.2) is 9.97 Å². The van der Waals surface area contributed by atoms with Crippen LogP contribution < -0.4 is 5.32 Å². The molecule has 2 aromatic rings. The van der Waals surface area contributed by atoms with Crippen LogP contribution in [0, 0.1) is 6.92 Å². The lowest BCUT2D eigenvalue weighted by atomic mass is 10.1. The van der Waals surface area contributed by atoms with E-state index >= 15 is 0 Å². The van der Waals surface area contributed by atoms with Crippen molar-refractivity contribution in [2.24, 2.45) is 0 Å².